The van der Waals surface area contributed by atoms with Gasteiger partial charge in [-0.1, -0.05) is 6.92 Å². The van der Waals surface area contributed by atoms with Crippen LogP contribution in [0.1, 0.15) is 19.4 Å². The maximum atomic E-state index is 11.9. The van der Waals surface area contributed by atoms with E-state index in [1.807, 2.05) is 6.92 Å². The molecule has 0 fully saturated rings. The normalized spacial score (nSPS) is 12.7. The van der Waals surface area contributed by atoms with E-state index in [9.17, 15) is 4.79 Å². The van der Waals surface area contributed by atoms with Crippen LogP contribution in [0.2, 0.25) is 0 Å². The van der Waals surface area contributed by atoms with Crippen molar-refractivity contribution in [1.82, 2.24) is 29.4 Å². The molecule has 25 heavy (non-hydrogen) atoms. The fraction of sp³-hybridized carbons (Fsp3) is 0.267. The number of fused-ring (bicyclic) bond motifs is 3. The molecular formula is C15H15N7O3. The molecule has 10 heteroatoms. The Morgan fingerprint density at radius 3 is 2.92 bits per heavy atom. The van der Waals surface area contributed by atoms with Crippen molar-refractivity contribution in [3.8, 4) is 11.6 Å². The van der Waals surface area contributed by atoms with Crippen LogP contribution in [-0.2, 0) is 9.53 Å². The summed E-state index contributed by atoms with van der Waals surface area (Å²) < 4.78 is 13.1. The molecule has 1 atom stereocenters. The zero-order chi connectivity index (χ0) is 17.6. The zero-order valence-corrected chi connectivity index (χ0v) is 13.6. The summed E-state index contributed by atoms with van der Waals surface area (Å²) in [7, 11) is 1.34. The van der Waals surface area contributed by atoms with Crippen molar-refractivity contribution in [2.24, 2.45) is 0 Å². The lowest BCUT2D eigenvalue weighted by molar-refractivity contribution is -0.145. The van der Waals surface area contributed by atoms with E-state index in [2.05, 4.69) is 20.2 Å². The van der Waals surface area contributed by atoms with Gasteiger partial charge in [0.05, 0.1) is 18.8 Å². The van der Waals surface area contributed by atoms with Gasteiger partial charge in [0.15, 0.2) is 17.1 Å². The number of carbonyl (C=O) groups excluding carboxylic acids is 1. The number of furan rings is 1. The van der Waals surface area contributed by atoms with Crippen LogP contribution in [-0.4, -0.2) is 42.4 Å². The number of rotatable bonds is 4. The summed E-state index contributed by atoms with van der Waals surface area (Å²) in [6.45, 7) is 1.87. The van der Waals surface area contributed by atoms with Crippen LogP contribution < -0.4 is 5.73 Å². The van der Waals surface area contributed by atoms with E-state index >= 15 is 0 Å². The van der Waals surface area contributed by atoms with Gasteiger partial charge in [-0.2, -0.15) is 14.6 Å². The zero-order valence-electron chi connectivity index (χ0n) is 13.6. The van der Waals surface area contributed by atoms with Crippen LogP contribution in [0, 0.1) is 0 Å². The maximum Gasteiger partial charge on any atom is 0.330 e. The number of nitrogens with zero attached hydrogens (tertiary/aromatic N) is 6. The van der Waals surface area contributed by atoms with E-state index in [4.69, 9.17) is 14.9 Å². The van der Waals surface area contributed by atoms with Crippen molar-refractivity contribution in [3.63, 3.8) is 0 Å². The number of nitrogens with two attached hydrogens (primary N) is 1. The topological polar surface area (TPSA) is 126 Å². The van der Waals surface area contributed by atoms with Gasteiger partial charge < -0.3 is 14.9 Å². The second kappa shape index (κ2) is 5.58. The number of aromatic nitrogens is 6. The highest BCUT2D eigenvalue weighted by Gasteiger charge is 2.23. The third-order valence-corrected chi connectivity index (χ3v) is 3.92. The van der Waals surface area contributed by atoms with Gasteiger partial charge in [0.25, 0.3) is 0 Å². The SMILES string of the molecule is CCC(C(=O)OC)n1cc2c(nc(N)n3nc(-c4ccco4)nc23)n1. The fourth-order valence-corrected chi connectivity index (χ4v) is 2.69. The monoisotopic (exact) mass is 341 g/mol. The van der Waals surface area contributed by atoms with Crippen molar-refractivity contribution in [2.75, 3.05) is 12.8 Å². The minimum absolute atomic E-state index is 0.143. The molecule has 0 saturated heterocycles. The number of carbonyl (C=O) groups is 1. The van der Waals surface area contributed by atoms with Crippen LogP contribution in [0.5, 0.6) is 0 Å². The van der Waals surface area contributed by atoms with Crippen molar-refractivity contribution < 1.29 is 13.9 Å². The first-order chi connectivity index (χ1) is 12.1. The molecule has 0 aliphatic rings. The van der Waals surface area contributed by atoms with Crippen LogP contribution in [0.4, 0.5) is 5.95 Å². The number of hydrogen-bond donors (Lipinski definition) is 1. The molecule has 4 heterocycles. The summed E-state index contributed by atoms with van der Waals surface area (Å²) in [4.78, 5) is 20.7. The number of hydrogen-bond acceptors (Lipinski definition) is 8. The molecule has 0 saturated carbocycles. The molecule has 10 nitrogen and oxygen atoms in total. The molecule has 0 bridgehead atoms. The average Bonchev–Trinajstić information content (AvgIpc) is 3.33. The van der Waals surface area contributed by atoms with E-state index in [1.165, 1.54) is 16.3 Å². The second-order valence-electron chi connectivity index (χ2n) is 5.41. The van der Waals surface area contributed by atoms with E-state index in [0.717, 1.165) is 0 Å². The largest absolute Gasteiger partial charge is 0.467 e. The number of ether oxygens (including phenoxy) is 1. The molecule has 0 radical (unpaired) electrons. The second-order valence-corrected chi connectivity index (χ2v) is 5.41. The number of methoxy groups -OCH3 is 1. The van der Waals surface area contributed by atoms with Gasteiger partial charge >= 0.3 is 5.97 Å². The van der Waals surface area contributed by atoms with E-state index < -0.39 is 6.04 Å². The smallest absolute Gasteiger partial charge is 0.330 e. The lowest BCUT2D eigenvalue weighted by atomic mass is 10.2. The first-order valence-corrected chi connectivity index (χ1v) is 7.65. The summed E-state index contributed by atoms with van der Waals surface area (Å²) in [5, 5.41) is 9.31. The Morgan fingerprint density at radius 2 is 2.24 bits per heavy atom. The highest BCUT2D eigenvalue weighted by Crippen LogP contribution is 2.24. The van der Waals surface area contributed by atoms with Crippen LogP contribution >= 0.6 is 0 Å². The molecule has 2 N–H and O–H groups in total. The molecule has 4 aromatic rings. The molecule has 0 amide bonds. The standard InChI is InChI=1S/C15H15N7O3/c1-3-9(14(23)24-2)21-7-8-11(19-21)18-15(16)22-13(8)17-12(20-22)10-5-4-6-25-10/h4-7,9H,3H2,1-2H3,(H2,16,18,19). The lowest BCUT2D eigenvalue weighted by Gasteiger charge is -2.11. The van der Waals surface area contributed by atoms with Crippen molar-refractivity contribution in [2.45, 2.75) is 19.4 Å². The van der Waals surface area contributed by atoms with Crippen molar-refractivity contribution in [3.05, 3.63) is 24.6 Å². The lowest BCUT2D eigenvalue weighted by Crippen LogP contribution is -2.20. The first-order valence-electron chi connectivity index (χ1n) is 7.65. The summed E-state index contributed by atoms with van der Waals surface area (Å²) in [6.07, 6.45) is 3.76. The molecule has 0 aliphatic carbocycles. The van der Waals surface area contributed by atoms with Gasteiger partial charge in [0.2, 0.25) is 11.8 Å². The van der Waals surface area contributed by atoms with Gasteiger partial charge in [-0.05, 0) is 18.6 Å². The molecule has 128 valence electrons. The number of esters is 1. The minimum Gasteiger partial charge on any atom is -0.467 e. The van der Waals surface area contributed by atoms with Gasteiger partial charge in [-0.25, -0.2) is 9.78 Å². The van der Waals surface area contributed by atoms with Gasteiger partial charge in [0, 0.05) is 6.20 Å². The first kappa shape index (κ1) is 15.1. The quantitative estimate of drug-likeness (QED) is 0.552. The molecule has 0 aliphatic heterocycles. The van der Waals surface area contributed by atoms with E-state index in [1.54, 1.807) is 24.6 Å². The van der Waals surface area contributed by atoms with Crippen LogP contribution in [0.3, 0.4) is 0 Å². The summed E-state index contributed by atoms with van der Waals surface area (Å²) in [5.41, 5.74) is 6.84. The average molecular weight is 341 g/mol. The minimum atomic E-state index is -0.548. The van der Waals surface area contributed by atoms with Gasteiger partial charge in [-0.3, -0.25) is 4.68 Å². The van der Waals surface area contributed by atoms with Gasteiger partial charge in [0.1, 0.15) is 6.04 Å². The Balaban J connectivity index is 1.92. The Kier molecular flexibility index (Phi) is 3.38. The molecular weight excluding hydrogens is 326 g/mol. The Hall–Kier alpha value is -3.43. The van der Waals surface area contributed by atoms with Crippen molar-refractivity contribution >= 4 is 28.6 Å². The molecule has 1 unspecified atom stereocenters. The third kappa shape index (κ3) is 2.30. The third-order valence-electron chi connectivity index (χ3n) is 3.92. The summed E-state index contributed by atoms with van der Waals surface area (Å²) >= 11 is 0. The fourth-order valence-electron chi connectivity index (χ4n) is 2.69. The number of anilines is 1. The highest BCUT2D eigenvalue weighted by atomic mass is 16.5. The maximum absolute atomic E-state index is 11.9. The molecule has 4 aromatic heterocycles. The number of nitrogen functional groups attached to an aromatic ring is 1. The van der Waals surface area contributed by atoms with Gasteiger partial charge in [-0.15, -0.1) is 5.10 Å². The molecule has 0 spiro atoms. The highest BCUT2D eigenvalue weighted by molar-refractivity contribution is 5.90. The Labute approximate surface area is 141 Å². The summed E-state index contributed by atoms with van der Waals surface area (Å²) in [5.74, 6) is 0.671. The predicted molar refractivity (Wildman–Crippen MR) is 87.5 cm³/mol. The Bertz CT molecular complexity index is 1060. The van der Waals surface area contributed by atoms with Crippen LogP contribution in [0.15, 0.2) is 29.0 Å². The van der Waals surface area contributed by atoms with Crippen LogP contribution in [0.25, 0.3) is 28.3 Å². The Morgan fingerprint density at radius 1 is 1.40 bits per heavy atom. The molecule has 0 aromatic carbocycles. The predicted octanol–water partition coefficient (Wildman–Crippen LogP) is 1.44. The van der Waals surface area contributed by atoms with E-state index in [0.29, 0.717) is 34.7 Å². The van der Waals surface area contributed by atoms with E-state index in [-0.39, 0.29) is 11.9 Å². The summed E-state index contributed by atoms with van der Waals surface area (Å²) in [6, 6.07) is 2.95. The molecule has 4 rings (SSSR count). The van der Waals surface area contributed by atoms with Crippen molar-refractivity contribution in [1.29, 1.82) is 0 Å².